The Kier molecular flexibility index (Phi) is 11.0. The van der Waals surface area contributed by atoms with Crippen molar-refractivity contribution in [1.82, 2.24) is 0 Å². The van der Waals surface area contributed by atoms with Gasteiger partial charge in [0.25, 0.3) is 5.91 Å². The first-order valence-corrected chi connectivity index (χ1v) is 13.0. The minimum atomic E-state index is -0.334. The summed E-state index contributed by atoms with van der Waals surface area (Å²) in [5, 5.41) is 2.89. The van der Waals surface area contributed by atoms with E-state index in [4.69, 9.17) is 18.9 Å². The van der Waals surface area contributed by atoms with Crippen LogP contribution in [0.3, 0.4) is 0 Å². The first-order valence-electron chi connectivity index (χ1n) is 13.0. The van der Waals surface area contributed by atoms with Crippen LogP contribution in [0.15, 0.2) is 66.7 Å². The number of anilines is 1. The summed E-state index contributed by atoms with van der Waals surface area (Å²) in [7, 11) is 1.54. The van der Waals surface area contributed by atoms with E-state index in [-0.39, 0.29) is 24.9 Å². The van der Waals surface area contributed by atoms with Crippen LogP contribution in [0.1, 0.15) is 55.1 Å². The van der Waals surface area contributed by atoms with Crippen LogP contribution in [0.5, 0.6) is 17.2 Å². The molecule has 0 aliphatic heterocycles. The fourth-order valence-electron chi connectivity index (χ4n) is 3.81. The molecule has 0 aliphatic carbocycles. The maximum Gasteiger partial charge on any atom is 0.305 e. The molecule has 0 unspecified atom stereocenters. The summed E-state index contributed by atoms with van der Waals surface area (Å²) in [4.78, 5) is 24.6. The van der Waals surface area contributed by atoms with Crippen LogP contribution in [0.25, 0.3) is 0 Å². The monoisotopic (exact) mass is 519 g/mol. The molecule has 0 fully saturated rings. The fraction of sp³-hybridized carbons (Fsp3) is 0.355. The molecule has 0 aliphatic rings. The molecule has 202 valence electrons. The standard InChI is InChI=1S/C31H37NO6/c1-5-36-30(33)7-6-18-37-29-17-16-27(35-4)20-28(29)31(34)32-25-12-14-26(15-13-25)38-21-24-10-8-23(9-11-24)19-22(2)3/h8-17,20,22H,5-7,18-19,21H2,1-4H3,(H,32,34). The predicted octanol–water partition coefficient (Wildman–Crippen LogP) is 6.45. The Morgan fingerprint density at radius 3 is 2.21 bits per heavy atom. The number of hydrogen-bond donors (Lipinski definition) is 1. The molecule has 7 heteroatoms. The van der Waals surface area contributed by atoms with E-state index < -0.39 is 0 Å². The van der Waals surface area contributed by atoms with E-state index in [0.717, 1.165) is 12.0 Å². The van der Waals surface area contributed by atoms with Gasteiger partial charge in [0, 0.05) is 12.1 Å². The zero-order valence-electron chi connectivity index (χ0n) is 22.6. The van der Waals surface area contributed by atoms with Crippen molar-refractivity contribution in [3.63, 3.8) is 0 Å². The first kappa shape index (κ1) is 28.6. The SMILES string of the molecule is CCOC(=O)CCCOc1ccc(OC)cc1C(=O)Nc1ccc(OCc2ccc(CC(C)C)cc2)cc1. The van der Waals surface area contributed by atoms with Crippen LogP contribution in [0, 0.1) is 5.92 Å². The Bertz CT molecular complexity index is 1170. The summed E-state index contributed by atoms with van der Waals surface area (Å²) in [6.07, 6.45) is 1.80. The van der Waals surface area contributed by atoms with Gasteiger partial charge in [0.15, 0.2) is 0 Å². The highest BCUT2D eigenvalue weighted by atomic mass is 16.5. The van der Waals surface area contributed by atoms with Crippen LogP contribution in [0.4, 0.5) is 5.69 Å². The average Bonchev–Trinajstić information content (AvgIpc) is 2.91. The van der Waals surface area contributed by atoms with Gasteiger partial charge in [-0.25, -0.2) is 0 Å². The van der Waals surface area contributed by atoms with Gasteiger partial charge in [-0.2, -0.15) is 0 Å². The maximum atomic E-state index is 13.1. The summed E-state index contributed by atoms with van der Waals surface area (Å²) in [5.41, 5.74) is 3.38. The molecular formula is C31H37NO6. The molecule has 1 N–H and O–H groups in total. The van der Waals surface area contributed by atoms with Gasteiger partial charge in [0.2, 0.25) is 0 Å². The Morgan fingerprint density at radius 1 is 0.868 bits per heavy atom. The van der Waals surface area contributed by atoms with Crippen molar-refractivity contribution >= 4 is 17.6 Å². The molecule has 0 atom stereocenters. The van der Waals surface area contributed by atoms with Crippen molar-refractivity contribution in [1.29, 1.82) is 0 Å². The lowest BCUT2D eigenvalue weighted by atomic mass is 10.0. The van der Waals surface area contributed by atoms with Gasteiger partial charge in [0.05, 0.1) is 25.9 Å². The van der Waals surface area contributed by atoms with Gasteiger partial charge >= 0.3 is 5.97 Å². The number of esters is 1. The fourth-order valence-corrected chi connectivity index (χ4v) is 3.81. The van der Waals surface area contributed by atoms with Crippen molar-refractivity contribution in [2.45, 2.75) is 46.6 Å². The first-order chi connectivity index (χ1) is 18.4. The second kappa shape index (κ2) is 14.7. The molecule has 38 heavy (non-hydrogen) atoms. The summed E-state index contributed by atoms with van der Waals surface area (Å²) < 4.78 is 21.9. The number of rotatable bonds is 14. The molecule has 3 aromatic rings. The topological polar surface area (TPSA) is 83.1 Å². The second-order valence-corrected chi connectivity index (χ2v) is 9.30. The Hall–Kier alpha value is -4.00. The molecule has 3 rings (SSSR count). The number of carbonyl (C=O) groups excluding carboxylic acids is 2. The van der Waals surface area contributed by atoms with Gasteiger partial charge in [-0.15, -0.1) is 0 Å². The minimum Gasteiger partial charge on any atom is -0.497 e. The zero-order valence-corrected chi connectivity index (χ0v) is 22.6. The van der Waals surface area contributed by atoms with Crippen LogP contribution in [-0.2, 0) is 22.6 Å². The molecular weight excluding hydrogens is 482 g/mol. The van der Waals surface area contributed by atoms with E-state index in [1.165, 1.54) is 12.7 Å². The molecule has 0 saturated carbocycles. The summed E-state index contributed by atoms with van der Waals surface area (Å²) in [6.45, 7) is 7.28. The Morgan fingerprint density at radius 2 is 1.55 bits per heavy atom. The normalized spacial score (nSPS) is 10.7. The number of methoxy groups -OCH3 is 1. The number of amides is 1. The van der Waals surface area contributed by atoms with E-state index in [1.807, 2.05) is 12.1 Å². The molecule has 0 radical (unpaired) electrons. The number of nitrogens with one attached hydrogen (secondary N) is 1. The van der Waals surface area contributed by atoms with E-state index in [2.05, 4.69) is 43.4 Å². The third kappa shape index (κ3) is 9.14. The van der Waals surface area contributed by atoms with Crippen LogP contribution in [-0.4, -0.2) is 32.2 Å². The van der Waals surface area contributed by atoms with Gasteiger partial charge in [-0.05, 0) is 79.3 Å². The summed E-state index contributed by atoms with van der Waals surface area (Å²) in [6, 6.07) is 20.7. The number of ether oxygens (including phenoxy) is 4. The Labute approximate surface area is 225 Å². The van der Waals surface area contributed by atoms with E-state index in [1.54, 1.807) is 37.3 Å². The highest BCUT2D eigenvalue weighted by Crippen LogP contribution is 2.26. The molecule has 0 heterocycles. The van der Waals surface area contributed by atoms with Crippen LogP contribution < -0.4 is 19.5 Å². The minimum absolute atomic E-state index is 0.253. The van der Waals surface area contributed by atoms with Crippen molar-refractivity contribution in [3.8, 4) is 17.2 Å². The van der Waals surface area contributed by atoms with E-state index >= 15 is 0 Å². The molecule has 0 bridgehead atoms. The smallest absolute Gasteiger partial charge is 0.305 e. The van der Waals surface area contributed by atoms with Gasteiger partial charge in [-0.1, -0.05) is 38.1 Å². The summed E-state index contributed by atoms with van der Waals surface area (Å²) >= 11 is 0. The summed E-state index contributed by atoms with van der Waals surface area (Å²) in [5.74, 6) is 1.68. The largest absolute Gasteiger partial charge is 0.497 e. The van der Waals surface area contributed by atoms with Crippen molar-refractivity contribution in [3.05, 3.63) is 83.4 Å². The lowest BCUT2D eigenvalue weighted by Gasteiger charge is -2.14. The number of carbonyl (C=O) groups is 2. The highest BCUT2D eigenvalue weighted by molar-refractivity contribution is 6.06. The van der Waals surface area contributed by atoms with Gasteiger partial charge in [-0.3, -0.25) is 9.59 Å². The van der Waals surface area contributed by atoms with Crippen LogP contribution in [0.2, 0.25) is 0 Å². The second-order valence-electron chi connectivity index (χ2n) is 9.30. The van der Waals surface area contributed by atoms with Gasteiger partial charge < -0.3 is 24.3 Å². The van der Waals surface area contributed by atoms with Crippen molar-refractivity contribution in [2.75, 3.05) is 25.6 Å². The predicted molar refractivity (Wildman–Crippen MR) is 148 cm³/mol. The molecule has 1 amide bonds. The van der Waals surface area contributed by atoms with E-state index in [9.17, 15) is 9.59 Å². The zero-order chi connectivity index (χ0) is 27.3. The van der Waals surface area contributed by atoms with Crippen molar-refractivity contribution < 1.29 is 28.5 Å². The number of benzene rings is 3. The quantitative estimate of drug-likeness (QED) is 0.195. The van der Waals surface area contributed by atoms with Crippen LogP contribution >= 0.6 is 0 Å². The third-order valence-electron chi connectivity index (χ3n) is 5.70. The third-order valence-corrected chi connectivity index (χ3v) is 5.70. The average molecular weight is 520 g/mol. The molecule has 0 aromatic heterocycles. The van der Waals surface area contributed by atoms with Crippen molar-refractivity contribution in [2.24, 2.45) is 5.92 Å². The molecule has 0 saturated heterocycles. The number of hydrogen-bond acceptors (Lipinski definition) is 6. The van der Waals surface area contributed by atoms with Gasteiger partial charge in [0.1, 0.15) is 23.9 Å². The molecule has 7 nitrogen and oxygen atoms in total. The Balaban J connectivity index is 1.56. The molecule has 0 spiro atoms. The van der Waals surface area contributed by atoms with E-state index in [0.29, 0.717) is 54.1 Å². The lowest BCUT2D eigenvalue weighted by molar-refractivity contribution is -0.143. The maximum absolute atomic E-state index is 13.1. The lowest BCUT2D eigenvalue weighted by Crippen LogP contribution is -2.14. The highest BCUT2D eigenvalue weighted by Gasteiger charge is 2.15. The molecule has 3 aromatic carbocycles.